The van der Waals surface area contributed by atoms with Crippen LogP contribution in [0, 0.1) is 5.82 Å². The van der Waals surface area contributed by atoms with Gasteiger partial charge in [0.25, 0.3) is 0 Å². The molecule has 2 atom stereocenters. The van der Waals surface area contributed by atoms with Gasteiger partial charge in [-0.05, 0) is 24.1 Å². The van der Waals surface area contributed by atoms with E-state index in [9.17, 15) is 17.6 Å². The van der Waals surface area contributed by atoms with Crippen LogP contribution in [-0.2, 0) is 14.6 Å². The molecule has 2 unspecified atom stereocenters. The van der Waals surface area contributed by atoms with Crippen molar-refractivity contribution in [2.24, 2.45) is 0 Å². The lowest BCUT2D eigenvalue weighted by atomic mass is 10.1. The van der Waals surface area contributed by atoms with Gasteiger partial charge in [0.15, 0.2) is 0 Å². The summed E-state index contributed by atoms with van der Waals surface area (Å²) in [6, 6.07) is 5.62. The van der Waals surface area contributed by atoms with Crippen LogP contribution in [0.5, 0.6) is 0 Å². The number of amides is 1. The molecule has 2 rings (SSSR count). The third-order valence-corrected chi connectivity index (χ3v) is 4.45. The molecule has 0 radical (unpaired) electrons. The van der Waals surface area contributed by atoms with Gasteiger partial charge in [-0.3, -0.25) is 10.1 Å². The summed E-state index contributed by atoms with van der Waals surface area (Å²) in [7, 11) is -3.17. The van der Waals surface area contributed by atoms with E-state index in [-0.39, 0.29) is 30.1 Å². The number of sulfone groups is 1. The molecule has 0 bridgehead atoms. The van der Waals surface area contributed by atoms with Gasteiger partial charge in [-0.15, -0.1) is 0 Å². The Kier molecular flexibility index (Phi) is 4.63. The van der Waals surface area contributed by atoms with Crippen LogP contribution in [0.15, 0.2) is 24.3 Å². The average molecular weight is 314 g/mol. The van der Waals surface area contributed by atoms with E-state index >= 15 is 0 Å². The van der Waals surface area contributed by atoms with Crippen molar-refractivity contribution in [3.05, 3.63) is 35.6 Å². The highest BCUT2D eigenvalue weighted by atomic mass is 32.2. The molecule has 1 aliphatic heterocycles. The van der Waals surface area contributed by atoms with Crippen molar-refractivity contribution in [3.8, 4) is 0 Å². The predicted octanol–water partition coefficient (Wildman–Crippen LogP) is 1.08. The Labute approximate surface area is 124 Å². The molecule has 1 aromatic rings. The lowest BCUT2D eigenvalue weighted by Crippen LogP contribution is -2.35. The molecule has 21 heavy (non-hydrogen) atoms. The average Bonchev–Trinajstić information content (AvgIpc) is 2.72. The third-order valence-electron chi connectivity index (χ3n) is 3.53. The summed E-state index contributed by atoms with van der Waals surface area (Å²) in [5.41, 5.74) is 0.618. The smallest absolute Gasteiger partial charge is 0.241 e. The monoisotopic (exact) mass is 314 g/mol. The number of hydrogen-bond donors (Lipinski definition) is 1. The van der Waals surface area contributed by atoms with Gasteiger partial charge in [-0.1, -0.05) is 19.1 Å². The summed E-state index contributed by atoms with van der Waals surface area (Å²) >= 11 is 0. The van der Waals surface area contributed by atoms with E-state index in [2.05, 4.69) is 5.32 Å². The van der Waals surface area contributed by atoms with Crippen LogP contribution in [0.25, 0.3) is 0 Å². The highest BCUT2D eigenvalue weighted by molar-refractivity contribution is 7.90. The third kappa shape index (κ3) is 3.79. The van der Waals surface area contributed by atoms with Gasteiger partial charge in [0, 0.05) is 12.8 Å². The maximum Gasteiger partial charge on any atom is 0.241 e. The van der Waals surface area contributed by atoms with E-state index in [0.717, 1.165) is 6.26 Å². The SMILES string of the molecule is CCC1NC(c2cccc(F)c2)N(CCS(C)(=O)=O)C1=O. The van der Waals surface area contributed by atoms with E-state index in [1.54, 1.807) is 12.1 Å². The molecule has 5 nitrogen and oxygen atoms in total. The summed E-state index contributed by atoms with van der Waals surface area (Å²) < 4.78 is 36.0. The Morgan fingerprint density at radius 3 is 2.67 bits per heavy atom. The topological polar surface area (TPSA) is 66.5 Å². The molecule has 7 heteroatoms. The highest BCUT2D eigenvalue weighted by Gasteiger charge is 2.38. The molecule has 116 valence electrons. The minimum Gasteiger partial charge on any atom is -0.321 e. The van der Waals surface area contributed by atoms with Crippen molar-refractivity contribution in [1.82, 2.24) is 10.2 Å². The zero-order chi connectivity index (χ0) is 15.6. The summed E-state index contributed by atoms with van der Waals surface area (Å²) in [5.74, 6) is -0.636. The molecule has 1 aliphatic rings. The zero-order valence-corrected chi connectivity index (χ0v) is 12.9. The first kappa shape index (κ1) is 15.9. The first-order valence-corrected chi connectivity index (χ1v) is 8.87. The number of benzene rings is 1. The molecule has 1 heterocycles. The Hall–Kier alpha value is -1.47. The molecule has 1 amide bonds. The van der Waals surface area contributed by atoms with Crippen LogP contribution >= 0.6 is 0 Å². The second kappa shape index (κ2) is 6.11. The van der Waals surface area contributed by atoms with Crippen molar-refractivity contribution in [3.63, 3.8) is 0 Å². The molecule has 1 fully saturated rings. The number of nitrogens with zero attached hydrogens (tertiary/aromatic N) is 1. The molecular weight excluding hydrogens is 295 g/mol. The Bertz CT molecular complexity index is 633. The lowest BCUT2D eigenvalue weighted by Gasteiger charge is -2.24. The summed E-state index contributed by atoms with van der Waals surface area (Å²) in [6.45, 7) is 1.97. The molecule has 1 N–H and O–H groups in total. The second-order valence-electron chi connectivity index (χ2n) is 5.25. The van der Waals surface area contributed by atoms with E-state index in [1.165, 1.54) is 17.0 Å². The normalized spacial score (nSPS) is 22.8. The highest BCUT2D eigenvalue weighted by Crippen LogP contribution is 2.26. The second-order valence-corrected chi connectivity index (χ2v) is 7.51. The van der Waals surface area contributed by atoms with Crippen molar-refractivity contribution < 1.29 is 17.6 Å². The van der Waals surface area contributed by atoms with Gasteiger partial charge in [-0.25, -0.2) is 12.8 Å². The summed E-state index contributed by atoms with van der Waals surface area (Å²) in [4.78, 5) is 13.8. The fraction of sp³-hybridized carbons (Fsp3) is 0.500. The molecule has 0 aromatic heterocycles. The van der Waals surface area contributed by atoms with Gasteiger partial charge in [0.05, 0.1) is 11.8 Å². The fourth-order valence-corrected chi connectivity index (χ4v) is 2.96. The molecular formula is C14H19FN2O3S. The van der Waals surface area contributed by atoms with E-state index in [0.29, 0.717) is 12.0 Å². The Morgan fingerprint density at radius 1 is 1.38 bits per heavy atom. The predicted molar refractivity (Wildman–Crippen MR) is 77.8 cm³/mol. The molecule has 0 saturated carbocycles. The van der Waals surface area contributed by atoms with Crippen LogP contribution in [-0.4, -0.2) is 43.8 Å². The largest absolute Gasteiger partial charge is 0.321 e. The van der Waals surface area contributed by atoms with Crippen molar-refractivity contribution in [2.75, 3.05) is 18.6 Å². The number of carbonyl (C=O) groups excluding carboxylic acids is 1. The van der Waals surface area contributed by atoms with Crippen molar-refractivity contribution in [2.45, 2.75) is 25.6 Å². The standard InChI is InChI=1S/C14H19FN2O3S/c1-3-12-14(18)17(7-8-21(2,19)20)13(16-12)10-5-4-6-11(15)9-10/h4-6,9,12-13,16H,3,7-8H2,1-2H3. The van der Waals surface area contributed by atoms with E-state index < -0.39 is 16.0 Å². The van der Waals surface area contributed by atoms with Gasteiger partial charge in [0.1, 0.15) is 21.8 Å². The maximum absolute atomic E-state index is 13.4. The van der Waals surface area contributed by atoms with Crippen LogP contribution in [0.4, 0.5) is 4.39 Å². The Balaban J connectivity index is 2.26. The van der Waals surface area contributed by atoms with Crippen LogP contribution in [0.2, 0.25) is 0 Å². The number of carbonyl (C=O) groups is 1. The van der Waals surface area contributed by atoms with Crippen molar-refractivity contribution in [1.29, 1.82) is 0 Å². The van der Waals surface area contributed by atoms with E-state index in [1.807, 2.05) is 6.92 Å². The number of nitrogens with one attached hydrogen (secondary N) is 1. The minimum atomic E-state index is -3.17. The maximum atomic E-state index is 13.4. The summed E-state index contributed by atoms with van der Waals surface area (Å²) in [5, 5.41) is 3.14. The minimum absolute atomic E-state index is 0.0996. The molecule has 0 spiro atoms. The number of hydrogen-bond acceptors (Lipinski definition) is 4. The van der Waals surface area contributed by atoms with Crippen molar-refractivity contribution >= 4 is 15.7 Å². The lowest BCUT2D eigenvalue weighted by molar-refractivity contribution is -0.129. The first-order chi connectivity index (χ1) is 9.81. The zero-order valence-electron chi connectivity index (χ0n) is 12.0. The summed E-state index contributed by atoms with van der Waals surface area (Å²) in [6.07, 6.45) is 1.25. The van der Waals surface area contributed by atoms with Gasteiger partial charge in [-0.2, -0.15) is 0 Å². The quantitative estimate of drug-likeness (QED) is 0.883. The molecule has 1 aromatic carbocycles. The molecule has 0 aliphatic carbocycles. The van der Waals surface area contributed by atoms with Crippen LogP contribution in [0.3, 0.4) is 0 Å². The van der Waals surface area contributed by atoms with Gasteiger partial charge >= 0.3 is 0 Å². The molecule has 1 saturated heterocycles. The Morgan fingerprint density at radius 2 is 2.10 bits per heavy atom. The fourth-order valence-electron chi connectivity index (χ4n) is 2.43. The number of rotatable bonds is 5. The van der Waals surface area contributed by atoms with Gasteiger partial charge < -0.3 is 4.90 Å². The van der Waals surface area contributed by atoms with Crippen LogP contribution in [0.1, 0.15) is 25.1 Å². The first-order valence-electron chi connectivity index (χ1n) is 6.81. The van der Waals surface area contributed by atoms with Crippen LogP contribution < -0.4 is 5.32 Å². The van der Waals surface area contributed by atoms with E-state index in [4.69, 9.17) is 0 Å². The number of halogens is 1. The van der Waals surface area contributed by atoms with Gasteiger partial charge in [0.2, 0.25) is 5.91 Å².